The summed E-state index contributed by atoms with van der Waals surface area (Å²) in [7, 11) is 0. The average Bonchev–Trinajstić information content (AvgIpc) is 2.54. The second-order valence-electron chi connectivity index (χ2n) is 5.34. The Morgan fingerprint density at radius 3 is 2.48 bits per heavy atom. The Bertz CT molecular complexity index is 821. The smallest absolute Gasteiger partial charge is 0.312 e. The third-order valence-corrected chi connectivity index (χ3v) is 4.08. The second kappa shape index (κ2) is 4.74. The van der Waals surface area contributed by atoms with E-state index in [-0.39, 0.29) is 11.9 Å². The number of hydrogen-bond acceptors (Lipinski definition) is 2. The highest BCUT2D eigenvalue weighted by Crippen LogP contribution is 2.42. The van der Waals surface area contributed by atoms with E-state index in [2.05, 4.69) is 24.3 Å². The van der Waals surface area contributed by atoms with Crippen molar-refractivity contribution in [2.24, 2.45) is 0 Å². The molecule has 0 N–H and O–H groups in total. The topological polar surface area (TPSA) is 26.3 Å². The van der Waals surface area contributed by atoms with Gasteiger partial charge in [0.25, 0.3) is 0 Å². The number of esters is 1. The van der Waals surface area contributed by atoms with Crippen LogP contribution in [-0.2, 0) is 4.79 Å². The molecule has 3 aromatic carbocycles. The SMILES string of the molecule is O=C1C[C@H](c2ccccc2)c2c(ccc3ccccc23)O1. The van der Waals surface area contributed by atoms with Gasteiger partial charge in [0.15, 0.2) is 0 Å². The minimum atomic E-state index is -0.161. The van der Waals surface area contributed by atoms with E-state index in [0.29, 0.717) is 12.2 Å². The molecule has 0 aromatic heterocycles. The number of carbonyl (C=O) groups is 1. The van der Waals surface area contributed by atoms with Crippen LogP contribution in [0.2, 0.25) is 0 Å². The molecule has 1 aliphatic heterocycles. The van der Waals surface area contributed by atoms with Crippen molar-refractivity contribution in [2.75, 3.05) is 0 Å². The molecule has 0 unspecified atom stereocenters. The fourth-order valence-electron chi connectivity index (χ4n) is 3.13. The summed E-state index contributed by atoms with van der Waals surface area (Å²) in [5.74, 6) is 0.596. The molecule has 1 atom stereocenters. The van der Waals surface area contributed by atoms with E-state index < -0.39 is 0 Å². The Hall–Kier alpha value is -2.61. The van der Waals surface area contributed by atoms with Crippen LogP contribution in [0, 0.1) is 0 Å². The zero-order valence-corrected chi connectivity index (χ0v) is 11.5. The molecule has 4 rings (SSSR count). The molecule has 1 heterocycles. The lowest BCUT2D eigenvalue weighted by atomic mass is 9.83. The fourth-order valence-corrected chi connectivity index (χ4v) is 3.13. The van der Waals surface area contributed by atoms with Gasteiger partial charge in [-0.25, -0.2) is 0 Å². The molecule has 0 amide bonds. The predicted octanol–water partition coefficient (Wildman–Crippen LogP) is 4.28. The van der Waals surface area contributed by atoms with E-state index in [4.69, 9.17) is 4.74 Å². The van der Waals surface area contributed by atoms with Gasteiger partial charge < -0.3 is 4.74 Å². The van der Waals surface area contributed by atoms with Crippen molar-refractivity contribution >= 4 is 16.7 Å². The van der Waals surface area contributed by atoms with Gasteiger partial charge in [-0.15, -0.1) is 0 Å². The third-order valence-electron chi connectivity index (χ3n) is 4.08. The van der Waals surface area contributed by atoms with Crippen molar-refractivity contribution < 1.29 is 9.53 Å². The van der Waals surface area contributed by atoms with Crippen LogP contribution >= 0.6 is 0 Å². The summed E-state index contributed by atoms with van der Waals surface area (Å²) in [6.45, 7) is 0. The Balaban J connectivity index is 2.00. The Morgan fingerprint density at radius 2 is 1.62 bits per heavy atom. The molecule has 21 heavy (non-hydrogen) atoms. The van der Waals surface area contributed by atoms with E-state index >= 15 is 0 Å². The minimum absolute atomic E-state index is 0.0635. The van der Waals surface area contributed by atoms with Gasteiger partial charge in [-0.2, -0.15) is 0 Å². The van der Waals surface area contributed by atoms with E-state index in [9.17, 15) is 4.79 Å². The summed E-state index contributed by atoms with van der Waals surface area (Å²) in [6, 6.07) is 22.3. The Labute approximate surface area is 123 Å². The van der Waals surface area contributed by atoms with Crippen LogP contribution in [0.15, 0.2) is 66.7 Å². The summed E-state index contributed by atoms with van der Waals surface area (Å²) < 4.78 is 5.45. The average molecular weight is 274 g/mol. The predicted molar refractivity (Wildman–Crippen MR) is 82.5 cm³/mol. The maximum absolute atomic E-state index is 11.9. The lowest BCUT2D eigenvalue weighted by Gasteiger charge is -2.26. The van der Waals surface area contributed by atoms with Gasteiger partial charge in [-0.3, -0.25) is 4.79 Å². The van der Waals surface area contributed by atoms with Crippen molar-refractivity contribution in [1.82, 2.24) is 0 Å². The van der Waals surface area contributed by atoms with E-state index in [1.165, 1.54) is 5.39 Å². The molecular weight excluding hydrogens is 260 g/mol. The highest BCUT2D eigenvalue weighted by atomic mass is 16.5. The molecule has 0 saturated carbocycles. The van der Waals surface area contributed by atoms with Crippen molar-refractivity contribution in [3.05, 3.63) is 77.9 Å². The number of fused-ring (bicyclic) bond motifs is 3. The first-order valence-electron chi connectivity index (χ1n) is 7.10. The van der Waals surface area contributed by atoms with Crippen molar-refractivity contribution in [1.29, 1.82) is 0 Å². The third kappa shape index (κ3) is 2.00. The van der Waals surface area contributed by atoms with Gasteiger partial charge in [0.2, 0.25) is 0 Å². The molecule has 3 aromatic rings. The summed E-state index contributed by atoms with van der Waals surface area (Å²) >= 11 is 0. The van der Waals surface area contributed by atoms with Crippen LogP contribution < -0.4 is 4.74 Å². The summed E-state index contributed by atoms with van der Waals surface area (Å²) in [5, 5.41) is 2.34. The lowest BCUT2D eigenvalue weighted by Crippen LogP contribution is -2.21. The molecule has 0 fully saturated rings. The summed E-state index contributed by atoms with van der Waals surface area (Å²) in [6.07, 6.45) is 0.394. The molecule has 2 heteroatoms. The number of benzene rings is 3. The number of rotatable bonds is 1. The molecule has 0 radical (unpaired) electrons. The van der Waals surface area contributed by atoms with Crippen LogP contribution in [-0.4, -0.2) is 5.97 Å². The number of hydrogen-bond donors (Lipinski definition) is 0. The molecule has 2 nitrogen and oxygen atoms in total. The largest absolute Gasteiger partial charge is 0.426 e. The molecule has 1 aliphatic rings. The molecular formula is C19H14O2. The van der Waals surface area contributed by atoms with Crippen LogP contribution in [0.5, 0.6) is 5.75 Å². The van der Waals surface area contributed by atoms with E-state index in [1.807, 2.05) is 42.5 Å². The maximum atomic E-state index is 11.9. The minimum Gasteiger partial charge on any atom is -0.426 e. The molecule has 0 bridgehead atoms. The highest BCUT2D eigenvalue weighted by molar-refractivity contribution is 5.92. The monoisotopic (exact) mass is 274 g/mol. The van der Waals surface area contributed by atoms with Gasteiger partial charge in [0, 0.05) is 11.5 Å². The normalized spacial score (nSPS) is 17.3. The first-order valence-corrected chi connectivity index (χ1v) is 7.10. The maximum Gasteiger partial charge on any atom is 0.312 e. The van der Waals surface area contributed by atoms with Gasteiger partial charge in [-0.05, 0) is 22.4 Å². The first-order chi connectivity index (χ1) is 10.3. The molecule has 102 valence electrons. The Kier molecular flexibility index (Phi) is 2.74. The van der Waals surface area contributed by atoms with E-state index in [1.54, 1.807) is 0 Å². The van der Waals surface area contributed by atoms with Crippen LogP contribution in [0.1, 0.15) is 23.5 Å². The Morgan fingerprint density at radius 1 is 0.857 bits per heavy atom. The molecule has 0 spiro atoms. The lowest BCUT2D eigenvalue weighted by molar-refractivity contribution is -0.135. The van der Waals surface area contributed by atoms with Gasteiger partial charge >= 0.3 is 5.97 Å². The van der Waals surface area contributed by atoms with Crippen LogP contribution in [0.3, 0.4) is 0 Å². The summed E-state index contributed by atoms with van der Waals surface area (Å²) in [5.41, 5.74) is 2.28. The van der Waals surface area contributed by atoms with Gasteiger partial charge in [0.05, 0.1) is 6.42 Å². The zero-order valence-electron chi connectivity index (χ0n) is 11.5. The first kappa shape index (κ1) is 12.2. The van der Waals surface area contributed by atoms with Crippen molar-refractivity contribution in [3.63, 3.8) is 0 Å². The standard InChI is InChI=1S/C19H14O2/c20-18-12-16(13-6-2-1-3-7-13)19-15-9-5-4-8-14(15)10-11-17(19)21-18/h1-11,16H,12H2/t16-/m1/s1. The quantitative estimate of drug-likeness (QED) is 0.489. The number of ether oxygens (including phenoxy) is 1. The van der Waals surface area contributed by atoms with Crippen molar-refractivity contribution in [3.8, 4) is 5.75 Å². The van der Waals surface area contributed by atoms with E-state index in [0.717, 1.165) is 16.5 Å². The fraction of sp³-hybridized carbons (Fsp3) is 0.105. The van der Waals surface area contributed by atoms with Crippen LogP contribution in [0.4, 0.5) is 0 Å². The van der Waals surface area contributed by atoms with Crippen molar-refractivity contribution in [2.45, 2.75) is 12.3 Å². The van der Waals surface area contributed by atoms with Gasteiger partial charge in [-0.1, -0.05) is 60.7 Å². The molecule has 0 aliphatic carbocycles. The second-order valence-corrected chi connectivity index (χ2v) is 5.34. The van der Waals surface area contributed by atoms with Crippen LogP contribution in [0.25, 0.3) is 10.8 Å². The van der Waals surface area contributed by atoms with Gasteiger partial charge in [0.1, 0.15) is 5.75 Å². The molecule has 0 saturated heterocycles. The number of carbonyl (C=O) groups excluding carboxylic acids is 1. The summed E-state index contributed by atoms with van der Waals surface area (Å²) in [4.78, 5) is 11.9. The zero-order chi connectivity index (χ0) is 14.2. The highest BCUT2D eigenvalue weighted by Gasteiger charge is 2.29.